The SMILES string of the molecule is NC(c1ccncc1)c1ccccc1C1CCC1. The van der Waals surface area contributed by atoms with Crippen molar-refractivity contribution in [2.24, 2.45) is 5.73 Å². The van der Waals surface area contributed by atoms with E-state index in [1.54, 1.807) is 12.4 Å². The summed E-state index contributed by atoms with van der Waals surface area (Å²) in [6, 6.07) is 12.6. The van der Waals surface area contributed by atoms with Gasteiger partial charge in [0.1, 0.15) is 0 Å². The minimum Gasteiger partial charge on any atom is -0.320 e. The van der Waals surface area contributed by atoms with Crippen molar-refractivity contribution in [2.75, 3.05) is 0 Å². The summed E-state index contributed by atoms with van der Waals surface area (Å²) in [6.07, 6.45) is 7.58. The van der Waals surface area contributed by atoms with E-state index in [1.807, 2.05) is 12.1 Å². The van der Waals surface area contributed by atoms with Gasteiger partial charge in [0.25, 0.3) is 0 Å². The molecule has 2 heteroatoms. The Kier molecular flexibility index (Phi) is 3.11. The van der Waals surface area contributed by atoms with Crippen LogP contribution in [0.3, 0.4) is 0 Å². The molecule has 1 aliphatic carbocycles. The second-order valence-electron chi connectivity index (χ2n) is 5.01. The summed E-state index contributed by atoms with van der Waals surface area (Å²) in [6.45, 7) is 0. The van der Waals surface area contributed by atoms with E-state index in [-0.39, 0.29) is 6.04 Å². The quantitative estimate of drug-likeness (QED) is 0.890. The van der Waals surface area contributed by atoms with Crippen molar-refractivity contribution >= 4 is 0 Å². The Labute approximate surface area is 108 Å². The lowest BCUT2D eigenvalue weighted by atomic mass is 9.76. The predicted molar refractivity (Wildman–Crippen MR) is 73.3 cm³/mol. The zero-order chi connectivity index (χ0) is 12.4. The summed E-state index contributed by atoms with van der Waals surface area (Å²) in [7, 11) is 0. The summed E-state index contributed by atoms with van der Waals surface area (Å²) in [5, 5.41) is 0. The molecular formula is C16H18N2. The standard InChI is InChI=1S/C16H18N2/c17-16(13-8-10-18-11-9-13)15-7-2-1-6-14(15)12-4-3-5-12/h1-2,6-12,16H,3-5,17H2. The molecule has 1 unspecified atom stereocenters. The molecule has 1 heterocycles. The van der Waals surface area contributed by atoms with E-state index in [2.05, 4.69) is 29.2 Å². The number of nitrogens with two attached hydrogens (primary N) is 1. The third-order valence-corrected chi connectivity index (χ3v) is 3.94. The molecule has 0 aliphatic heterocycles. The van der Waals surface area contributed by atoms with Gasteiger partial charge in [0, 0.05) is 12.4 Å². The molecule has 0 radical (unpaired) electrons. The van der Waals surface area contributed by atoms with Crippen LogP contribution in [0.2, 0.25) is 0 Å². The van der Waals surface area contributed by atoms with E-state index in [0.29, 0.717) is 5.92 Å². The molecule has 1 aliphatic rings. The molecule has 2 nitrogen and oxygen atoms in total. The van der Waals surface area contributed by atoms with Crippen LogP contribution in [0.5, 0.6) is 0 Å². The Morgan fingerprint density at radius 2 is 1.78 bits per heavy atom. The topological polar surface area (TPSA) is 38.9 Å². The van der Waals surface area contributed by atoms with Gasteiger partial charge < -0.3 is 5.73 Å². The van der Waals surface area contributed by atoms with E-state index in [0.717, 1.165) is 5.56 Å². The zero-order valence-corrected chi connectivity index (χ0v) is 10.4. The van der Waals surface area contributed by atoms with Crippen molar-refractivity contribution in [3.05, 3.63) is 65.5 Å². The smallest absolute Gasteiger partial charge is 0.0555 e. The molecular weight excluding hydrogens is 220 g/mol. The molecule has 0 bridgehead atoms. The normalized spacial score (nSPS) is 17.2. The highest BCUT2D eigenvalue weighted by molar-refractivity contribution is 5.39. The molecule has 2 N–H and O–H groups in total. The minimum atomic E-state index is -0.0372. The summed E-state index contributed by atoms with van der Waals surface area (Å²) < 4.78 is 0. The first-order valence-electron chi connectivity index (χ1n) is 6.60. The van der Waals surface area contributed by atoms with Crippen LogP contribution in [-0.4, -0.2) is 4.98 Å². The summed E-state index contributed by atoms with van der Waals surface area (Å²) in [5.41, 5.74) is 10.3. The average Bonchev–Trinajstić information content (AvgIpc) is 2.38. The van der Waals surface area contributed by atoms with Crippen LogP contribution in [-0.2, 0) is 0 Å². The number of hydrogen-bond acceptors (Lipinski definition) is 2. The maximum absolute atomic E-state index is 6.41. The highest BCUT2D eigenvalue weighted by Crippen LogP contribution is 2.39. The number of hydrogen-bond donors (Lipinski definition) is 1. The average molecular weight is 238 g/mol. The second kappa shape index (κ2) is 4.91. The van der Waals surface area contributed by atoms with Gasteiger partial charge in [-0.15, -0.1) is 0 Å². The Hall–Kier alpha value is -1.67. The van der Waals surface area contributed by atoms with E-state index in [1.165, 1.54) is 30.4 Å². The predicted octanol–water partition coefficient (Wildman–Crippen LogP) is 3.40. The third kappa shape index (κ3) is 2.04. The monoisotopic (exact) mass is 238 g/mol. The van der Waals surface area contributed by atoms with Crippen LogP contribution in [0.4, 0.5) is 0 Å². The molecule has 92 valence electrons. The number of benzene rings is 1. The van der Waals surface area contributed by atoms with Crippen LogP contribution in [0.15, 0.2) is 48.8 Å². The minimum absolute atomic E-state index is 0.0372. The van der Waals surface area contributed by atoms with Crippen LogP contribution in [0, 0.1) is 0 Å². The largest absolute Gasteiger partial charge is 0.320 e. The Morgan fingerprint density at radius 1 is 1.06 bits per heavy atom. The number of nitrogens with zero attached hydrogens (tertiary/aromatic N) is 1. The van der Waals surface area contributed by atoms with Crippen molar-refractivity contribution in [3.63, 3.8) is 0 Å². The number of aromatic nitrogens is 1. The highest BCUT2D eigenvalue weighted by atomic mass is 14.7. The lowest BCUT2D eigenvalue weighted by molar-refractivity contribution is 0.416. The molecule has 0 amide bonds. The summed E-state index contributed by atoms with van der Waals surface area (Å²) in [4.78, 5) is 4.05. The van der Waals surface area contributed by atoms with Gasteiger partial charge in [-0.05, 0) is 47.6 Å². The lowest BCUT2D eigenvalue weighted by Gasteiger charge is -2.29. The van der Waals surface area contributed by atoms with Crippen LogP contribution in [0.1, 0.15) is 47.9 Å². The van der Waals surface area contributed by atoms with Crippen molar-refractivity contribution in [3.8, 4) is 0 Å². The van der Waals surface area contributed by atoms with Crippen molar-refractivity contribution in [2.45, 2.75) is 31.2 Å². The summed E-state index contributed by atoms with van der Waals surface area (Å²) >= 11 is 0. The fraction of sp³-hybridized carbons (Fsp3) is 0.312. The molecule has 1 fully saturated rings. The zero-order valence-electron chi connectivity index (χ0n) is 10.4. The molecule has 0 saturated heterocycles. The molecule has 1 aromatic carbocycles. The van der Waals surface area contributed by atoms with Crippen molar-refractivity contribution in [1.82, 2.24) is 4.98 Å². The van der Waals surface area contributed by atoms with Gasteiger partial charge in [0.2, 0.25) is 0 Å². The first-order chi connectivity index (χ1) is 8.86. The summed E-state index contributed by atoms with van der Waals surface area (Å²) in [5.74, 6) is 0.717. The van der Waals surface area contributed by atoms with Crippen molar-refractivity contribution in [1.29, 1.82) is 0 Å². The Morgan fingerprint density at radius 3 is 2.44 bits per heavy atom. The first-order valence-corrected chi connectivity index (χ1v) is 6.60. The third-order valence-electron chi connectivity index (χ3n) is 3.94. The first kappa shape index (κ1) is 11.4. The molecule has 3 rings (SSSR count). The molecule has 1 aromatic heterocycles. The fourth-order valence-electron chi connectivity index (χ4n) is 2.64. The van der Waals surface area contributed by atoms with Gasteiger partial charge >= 0.3 is 0 Å². The van der Waals surface area contributed by atoms with E-state index in [9.17, 15) is 0 Å². The van der Waals surface area contributed by atoms with Gasteiger partial charge in [-0.2, -0.15) is 0 Å². The molecule has 18 heavy (non-hydrogen) atoms. The molecule has 1 saturated carbocycles. The Balaban J connectivity index is 1.96. The van der Waals surface area contributed by atoms with Crippen LogP contribution < -0.4 is 5.73 Å². The van der Waals surface area contributed by atoms with Gasteiger partial charge in [-0.1, -0.05) is 30.7 Å². The van der Waals surface area contributed by atoms with Gasteiger partial charge in [0.15, 0.2) is 0 Å². The van der Waals surface area contributed by atoms with Gasteiger partial charge in [-0.25, -0.2) is 0 Å². The maximum Gasteiger partial charge on any atom is 0.0555 e. The number of pyridine rings is 1. The van der Waals surface area contributed by atoms with E-state index in [4.69, 9.17) is 5.73 Å². The van der Waals surface area contributed by atoms with Gasteiger partial charge in [0.05, 0.1) is 6.04 Å². The van der Waals surface area contributed by atoms with Crippen molar-refractivity contribution < 1.29 is 0 Å². The fourth-order valence-corrected chi connectivity index (χ4v) is 2.64. The Bertz CT molecular complexity index is 518. The molecule has 0 spiro atoms. The lowest BCUT2D eigenvalue weighted by Crippen LogP contribution is -2.18. The van der Waals surface area contributed by atoms with E-state index < -0.39 is 0 Å². The van der Waals surface area contributed by atoms with Crippen LogP contribution in [0.25, 0.3) is 0 Å². The van der Waals surface area contributed by atoms with E-state index >= 15 is 0 Å². The van der Waals surface area contributed by atoms with Gasteiger partial charge in [-0.3, -0.25) is 4.98 Å². The molecule has 2 aromatic rings. The van der Waals surface area contributed by atoms with Crippen LogP contribution >= 0.6 is 0 Å². The highest BCUT2D eigenvalue weighted by Gasteiger charge is 2.24. The maximum atomic E-state index is 6.41. The second-order valence-corrected chi connectivity index (χ2v) is 5.01. The molecule has 1 atom stereocenters. The number of rotatable bonds is 3.